The van der Waals surface area contributed by atoms with Crippen LogP contribution < -0.4 is 0 Å². The van der Waals surface area contributed by atoms with Gasteiger partial charge < -0.3 is 14.9 Å². The number of ether oxygens (including phenoxy) is 1. The molecular formula is C8H13BO3P. The molecule has 3 fully saturated rings. The average Bonchev–Trinajstić information content (AvgIpc) is 2.51. The third kappa shape index (κ3) is 0.954. The van der Waals surface area contributed by atoms with Crippen molar-refractivity contribution in [2.45, 2.75) is 42.6 Å². The SMILES string of the molecule is OC12CC1C[C@]1(O)CC([B]P)O[C@H]21. The fourth-order valence-corrected chi connectivity index (χ4v) is 3.25. The molecule has 0 aromatic rings. The molecule has 2 aliphatic carbocycles. The van der Waals surface area contributed by atoms with Gasteiger partial charge in [-0.1, -0.05) is 0 Å². The Balaban J connectivity index is 1.87. The third-order valence-corrected chi connectivity index (χ3v) is 4.17. The maximum atomic E-state index is 10.2. The van der Waals surface area contributed by atoms with Crippen molar-refractivity contribution in [2.75, 3.05) is 0 Å². The van der Waals surface area contributed by atoms with Gasteiger partial charge in [-0.15, -0.1) is 0 Å². The molecule has 3 nitrogen and oxygen atoms in total. The monoisotopic (exact) mass is 199 g/mol. The largest absolute Gasteiger partial charge is 0.387 e. The van der Waals surface area contributed by atoms with Crippen molar-refractivity contribution >= 4 is 16.1 Å². The molecule has 0 spiro atoms. The fourth-order valence-electron chi connectivity index (χ4n) is 3.02. The summed E-state index contributed by atoms with van der Waals surface area (Å²) in [6.07, 6.45) is 1.82. The van der Waals surface area contributed by atoms with E-state index in [2.05, 4.69) is 9.12 Å². The van der Waals surface area contributed by atoms with Crippen LogP contribution in [0.15, 0.2) is 0 Å². The van der Waals surface area contributed by atoms with Gasteiger partial charge in [0.25, 0.3) is 0 Å². The minimum atomic E-state index is -0.755. The van der Waals surface area contributed by atoms with Crippen LogP contribution in [0.3, 0.4) is 0 Å². The van der Waals surface area contributed by atoms with Gasteiger partial charge in [-0.2, -0.15) is 9.12 Å². The van der Waals surface area contributed by atoms with E-state index >= 15 is 0 Å². The van der Waals surface area contributed by atoms with Gasteiger partial charge in [0.15, 0.2) is 7.00 Å². The van der Waals surface area contributed by atoms with Crippen molar-refractivity contribution in [3.8, 4) is 0 Å². The molecule has 6 atom stereocenters. The van der Waals surface area contributed by atoms with Gasteiger partial charge >= 0.3 is 0 Å². The lowest BCUT2D eigenvalue weighted by atomic mass is 9.85. The highest BCUT2D eigenvalue weighted by Crippen LogP contribution is 2.64. The Labute approximate surface area is 80.3 Å². The molecule has 5 heteroatoms. The average molecular weight is 199 g/mol. The lowest BCUT2D eigenvalue weighted by molar-refractivity contribution is -0.0874. The summed E-state index contributed by atoms with van der Waals surface area (Å²) in [5, 5.41) is 20.2. The number of rotatable bonds is 1. The second kappa shape index (κ2) is 2.30. The van der Waals surface area contributed by atoms with E-state index in [0.717, 1.165) is 6.42 Å². The summed E-state index contributed by atoms with van der Waals surface area (Å²) in [6.45, 7) is 1.87. The molecule has 13 heavy (non-hydrogen) atoms. The van der Waals surface area contributed by atoms with E-state index in [0.29, 0.717) is 12.8 Å². The topological polar surface area (TPSA) is 49.7 Å². The van der Waals surface area contributed by atoms with E-state index in [1.807, 2.05) is 7.00 Å². The molecule has 4 unspecified atom stereocenters. The van der Waals surface area contributed by atoms with Gasteiger partial charge in [0.05, 0.1) is 11.2 Å². The van der Waals surface area contributed by atoms with E-state index in [4.69, 9.17) is 4.74 Å². The molecule has 2 saturated carbocycles. The molecule has 1 aliphatic heterocycles. The Kier molecular flexibility index (Phi) is 1.53. The lowest BCUT2D eigenvalue weighted by Gasteiger charge is -2.25. The van der Waals surface area contributed by atoms with Gasteiger partial charge in [-0.25, -0.2) is 0 Å². The predicted octanol–water partition coefficient (Wildman–Crippen LogP) is -0.519. The molecule has 0 aromatic heterocycles. The van der Waals surface area contributed by atoms with E-state index < -0.39 is 11.2 Å². The quantitative estimate of drug-likeness (QED) is 0.441. The van der Waals surface area contributed by atoms with Gasteiger partial charge in [0.2, 0.25) is 0 Å². The van der Waals surface area contributed by atoms with Gasteiger partial charge in [0.1, 0.15) is 6.10 Å². The van der Waals surface area contributed by atoms with Crippen LogP contribution in [-0.4, -0.2) is 40.5 Å². The fraction of sp³-hybridized carbons (Fsp3) is 1.00. The van der Waals surface area contributed by atoms with Crippen molar-refractivity contribution in [3.05, 3.63) is 0 Å². The van der Waals surface area contributed by atoms with Crippen molar-refractivity contribution in [3.63, 3.8) is 0 Å². The zero-order chi connectivity index (χ0) is 9.27. The summed E-state index contributed by atoms with van der Waals surface area (Å²) >= 11 is 0. The first-order valence-corrected chi connectivity index (χ1v) is 5.40. The van der Waals surface area contributed by atoms with Gasteiger partial charge in [0, 0.05) is 6.00 Å². The van der Waals surface area contributed by atoms with Crippen molar-refractivity contribution in [1.29, 1.82) is 0 Å². The first-order chi connectivity index (χ1) is 6.08. The number of hydrogen-bond donors (Lipinski definition) is 2. The smallest absolute Gasteiger partial charge is 0.177 e. The minimum Gasteiger partial charge on any atom is -0.387 e. The highest BCUT2D eigenvalue weighted by atomic mass is 31.0. The Morgan fingerprint density at radius 2 is 2.08 bits per heavy atom. The van der Waals surface area contributed by atoms with Crippen LogP contribution in [-0.2, 0) is 4.74 Å². The number of hydrogen-bond acceptors (Lipinski definition) is 3. The van der Waals surface area contributed by atoms with Crippen molar-refractivity contribution in [2.24, 2.45) is 5.92 Å². The van der Waals surface area contributed by atoms with Crippen LogP contribution in [0.25, 0.3) is 0 Å². The molecule has 0 amide bonds. The molecule has 1 radical (unpaired) electrons. The Morgan fingerprint density at radius 1 is 1.31 bits per heavy atom. The molecule has 0 bridgehead atoms. The second-order valence-electron chi connectivity index (χ2n) is 4.65. The Morgan fingerprint density at radius 3 is 2.69 bits per heavy atom. The maximum Gasteiger partial charge on any atom is 0.177 e. The van der Waals surface area contributed by atoms with Crippen LogP contribution in [0.4, 0.5) is 0 Å². The molecule has 71 valence electrons. The molecule has 1 heterocycles. The molecule has 1 saturated heterocycles. The highest BCUT2D eigenvalue weighted by molar-refractivity contribution is 7.55. The number of fused-ring (bicyclic) bond motifs is 3. The summed E-state index contributed by atoms with van der Waals surface area (Å²) in [6, 6.07) is -0.00873. The first-order valence-electron chi connectivity index (χ1n) is 4.74. The third-order valence-electron chi connectivity index (χ3n) is 3.74. The van der Waals surface area contributed by atoms with Crippen LogP contribution >= 0.6 is 9.12 Å². The Bertz CT molecular complexity index is 264. The van der Waals surface area contributed by atoms with Crippen molar-refractivity contribution < 1.29 is 14.9 Å². The molecule has 0 aromatic carbocycles. The predicted molar refractivity (Wildman–Crippen MR) is 51.4 cm³/mol. The van der Waals surface area contributed by atoms with E-state index in [1.165, 1.54) is 0 Å². The van der Waals surface area contributed by atoms with Gasteiger partial charge in [-0.05, 0) is 25.2 Å². The lowest BCUT2D eigenvalue weighted by Crippen LogP contribution is -2.41. The molecule has 2 N–H and O–H groups in total. The van der Waals surface area contributed by atoms with Gasteiger partial charge in [-0.3, -0.25) is 0 Å². The zero-order valence-electron chi connectivity index (χ0n) is 7.31. The van der Waals surface area contributed by atoms with E-state index in [-0.39, 0.29) is 18.0 Å². The maximum absolute atomic E-state index is 10.2. The summed E-state index contributed by atoms with van der Waals surface area (Å²) in [5.74, 6) is 0.285. The second-order valence-corrected chi connectivity index (χ2v) is 5.04. The van der Waals surface area contributed by atoms with Crippen LogP contribution in [0.2, 0.25) is 0 Å². The zero-order valence-corrected chi connectivity index (χ0v) is 8.47. The Hall–Kier alpha value is 0.375. The summed E-state index contributed by atoms with van der Waals surface area (Å²) in [7, 11) is 2.50. The summed E-state index contributed by atoms with van der Waals surface area (Å²) in [4.78, 5) is 0. The minimum absolute atomic E-state index is 0.00873. The van der Waals surface area contributed by atoms with Crippen LogP contribution in [0.5, 0.6) is 0 Å². The molecule has 3 rings (SSSR count). The van der Waals surface area contributed by atoms with Crippen LogP contribution in [0, 0.1) is 5.92 Å². The van der Waals surface area contributed by atoms with E-state index in [9.17, 15) is 10.2 Å². The highest BCUT2D eigenvalue weighted by Gasteiger charge is 2.74. The van der Waals surface area contributed by atoms with Crippen LogP contribution in [0.1, 0.15) is 19.3 Å². The summed E-state index contributed by atoms with van der Waals surface area (Å²) < 4.78 is 5.62. The first kappa shape index (κ1) is 8.66. The van der Waals surface area contributed by atoms with E-state index in [1.54, 1.807) is 0 Å². The normalized spacial score (nSPS) is 63.2. The standard InChI is InChI=1S/C8H13BO3P/c10-7-1-4-2-8(4,11)6(7)12-5(3-7)9-13/h4-6,10-11H,1-3,13H2/t4?,5?,6-,7-,8?/m0/s1. The molecule has 3 aliphatic rings. The van der Waals surface area contributed by atoms with Crippen molar-refractivity contribution in [1.82, 2.24) is 0 Å². The number of aliphatic hydroxyl groups is 2. The molecular weight excluding hydrogens is 186 g/mol. The summed E-state index contributed by atoms with van der Waals surface area (Å²) in [5.41, 5.74) is -1.45.